The molecule has 0 unspecified atom stereocenters. The second-order valence-electron chi connectivity index (χ2n) is 2.97. The third-order valence-electron chi connectivity index (χ3n) is 1.70. The van der Waals surface area contributed by atoms with Crippen molar-refractivity contribution in [2.24, 2.45) is 0 Å². The minimum Gasteiger partial charge on any atom is -0.478 e. The molecule has 0 aromatic heterocycles. The fourth-order valence-electron chi connectivity index (χ4n) is 1.11. The van der Waals surface area contributed by atoms with Gasteiger partial charge in [-0.25, -0.2) is 13.2 Å². The molecule has 6 nitrogen and oxygen atoms in total. The van der Waals surface area contributed by atoms with Crippen molar-refractivity contribution in [2.75, 3.05) is 17.8 Å². The average Bonchev–Trinajstić information content (AvgIpc) is 2.17. The summed E-state index contributed by atoms with van der Waals surface area (Å²) in [7, 11) is -2.44. The zero-order valence-corrected chi connectivity index (χ0v) is 9.32. The molecule has 0 spiro atoms. The lowest BCUT2D eigenvalue weighted by Gasteiger charge is -2.09. The summed E-state index contributed by atoms with van der Waals surface area (Å²) >= 11 is 0. The van der Waals surface area contributed by atoms with Crippen molar-refractivity contribution in [3.8, 4) is 0 Å². The smallest absolute Gasteiger partial charge is 0.337 e. The molecule has 0 heterocycles. The van der Waals surface area contributed by atoms with Crippen LogP contribution in [0.15, 0.2) is 24.3 Å². The maximum Gasteiger partial charge on any atom is 0.337 e. The first-order chi connectivity index (χ1) is 7.46. The number of ether oxygens (including phenoxy) is 1. The van der Waals surface area contributed by atoms with E-state index in [1.807, 2.05) is 0 Å². The molecule has 88 valence electrons. The molecule has 0 bridgehead atoms. The molecular weight excluding hydrogens is 234 g/mol. The van der Waals surface area contributed by atoms with E-state index in [2.05, 4.69) is 9.46 Å². The summed E-state index contributed by atoms with van der Waals surface area (Å²) in [5.74, 6) is -1.73. The standard InChI is InChI=1S/C9H11NO5S/c1-15-6-16(13,14)10-8-5-3-2-4-7(8)9(11)12/h2-5,10H,6H2,1H3,(H,11,12). The Kier molecular flexibility index (Phi) is 3.86. The molecule has 0 aliphatic carbocycles. The van der Waals surface area contributed by atoms with Crippen molar-refractivity contribution in [1.29, 1.82) is 0 Å². The van der Waals surface area contributed by atoms with Gasteiger partial charge in [0, 0.05) is 7.11 Å². The maximum absolute atomic E-state index is 11.3. The number of rotatable bonds is 5. The number of hydrogen-bond acceptors (Lipinski definition) is 4. The highest BCUT2D eigenvalue weighted by atomic mass is 32.2. The van der Waals surface area contributed by atoms with Gasteiger partial charge in [0.15, 0.2) is 5.94 Å². The quantitative estimate of drug-likeness (QED) is 0.797. The van der Waals surface area contributed by atoms with E-state index < -0.39 is 21.9 Å². The topological polar surface area (TPSA) is 92.7 Å². The molecular formula is C9H11NO5S. The van der Waals surface area contributed by atoms with Crippen LogP contribution in [-0.4, -0.2) is 32.5 Å². The summed E-state index contributed by atoms with van der Waals surface area (Å²) in [5, 5.41) is 8.83. The number of methoxy groups -OCH3 is 1. The summed E-state index contributed by atoms with van der Waals surface area (Å²) in [6.45, 7) is 0. The highest BCUT2D eigenvalue weighted by Crippen LogP contribution is 2.16. The van der Waals surface area contributed by atoms with Crippen LogP contribution in [0.25, 0.3) is 0 Å². The molecule has 1 aromatic carbocycles. The van der Waals surface area contributed by atoms with Gasteiger partial charge < -0.3 is 9.84 Å². The Bertz CT molecular complexity index is 482. The monoisotopic (exact) mass is 245 g/mol. The van der Waals surface area contributed by atoms with Crippen molar-refractivity contribution in [3.05, 3.63) is 29.8 Å². The van der Waals surface area contributed by atoms with Gasteiger partial charge in [0.1, 0.15) is 0 Å². The Hall–Kier alpha value is -1.60. The number of carboxylic acid groups (broad SMARTS) is 1. The number of carbonyl (C=O) groups is 1. The number of anilines is 1. The zero-order valence-electron chi connectivity index (χ0n) is 8.50. The van der Waals surface area contributed by atoms with Crippen LogP contribution in [0.1, 0.15) is 10.4 Å². The predicted molar refractivity (Wildman–Crippen MR) is 57.8 cm³/mol. The second-order valence-corrected chi connectivity index (χ2v) is 4.64. The largest absolute Gasteiger partial charge is 0.478 e. The SMILES string of the molecule is COCS(=O)(=O)Nc1ccccc1C(=O)O. The Morgan fingerprint density at radius 3 is 2.62 bits per heavy atom. The molecule has 7 heteroatoms. The van der Waals surface area contributed by atoms with Crippen molar-refractivity contribution >= 4 is 21.7 Å². The lowest BCUT2D eigenvalue weighted by Crippen LogP contribution is -2.19. The van der Waals surface area contributed by atoms with Gasteiger partial charge in [-0.3, -0.25) is 4.72 Å². The summed E-state index contributed by atoms with van der Waals surface area (Å²) in [6.07, 6.45) is 0. The number of sulfonamides is 1. The van der Waals surface area contributed by atoms with Gasteiger partial charge in [-0.1, -0.05) is 12.1 Å². The first-order valence-corrected chi connectivity index (χ1v) is 5.93. The lowest BCUT2D eigenvalue weighted by atomic mass is 10.2. The normalized spacial score (nSPS) is 11.1. The van der Waals surface area contributed by atoms with Crippen LogP contribution in [0.3, 0.4) is 0 Å². The van der Waals surface area contributed by atoms with E-state index in [1.54, 1.807) is 0 Å². The van der Waals surface area contributed by atoms with E-state index in [4.69, 9.17) is 5.11 Å². The van der Waals surface area contributed by atoms with Gasteiger partial charge in [0.25, 0.3) is 10.0 Å². The molecule has 0 saturated heterocycles. The Balaban J connectivity index is 3.02. The molecule has 0 aliphatic rings. The lowest BCUT2D eigenvalue weighted by molar-refractivity contribution is 0.0698. The van der Waals surface area contributed by atoms with Crippen LogP contribution in [0.5, 0.6) is 0 Å². The average molecular weight is 245 g/mol. The van der Waals surface area contributed by atoms with E-state index >= 15 is 0 Å². The number of carboxylic acids is 1. The minimum atomic E-state index is -3.68. The van der Waals surface area contributed by atoms with Crippen LogP contribution in [0.2, 0.25) is 0 Å². The number of hydrogen-bond donors (Lipinski definition) is 2. The number of benzene rings is 1. The molecule has 0 fully saturated rings. The van der Waals surface area contributed by atoms with Crippen molar-refractivity contribution < 1.29 is 23.1 Å². The minimum absolute atomic E-state index is 0.0204. The Labute approximate surface area is 92.9 Å². The third-order valence-corrected chi connectivity index (χ3v) is 2.77. The van der Waals surface area contributed by atoms with Crippen LogP contribution in [-0.2, 0) is 14.8 Å². The molecule has 1 rings (SSSR count). The Morgan fingerprint density at radius 2 is 2.06 bits per heavy atom. The summed E-state index contributed by atoms with van der Waals surface area (Å²) in [4.78, 5) is 10.8. The van der Waals surface area contributed by atoms with Crippen LogP contribution >= 0.6 is 0 Å². The van der Waals surface area contributed by atoms with E-state index in [0.29, 0.717) is 0 Å². The van der Waals surface area contributed by atoms with Gasteiger partial charge in [0.2, 0.25) is 0 Å². The number of aromatic carboxylic acids is 1. The second kappa shape index (κ2) is 4.95. The number of para-hydroxylation sites is 1. The fourth-order valence-corrected chi connectivity index (χ4v) is 1.99. The molecule has 0 saturated carbocycles. The van der Waals surface area contributed by atoms with Crippen LogP contribution in [0.4, 0.5) is 5.69 Å². The summed E-state index contributed by atoms with van der Waals surface area (Å²) < 4.78 is 29.3. The highest BCUT2D eigenvalue weighted by molar-refractivity contribution is 7.92. The van der Waals surface area contributed by atoms with Gasteiger partial charge in [-0.15, -0.1) is 0 Å². The van der Waals surface area contributed by atoms with Crippen molar-refractivity contribution in [3.63, 3.8) is 0 Å². The van der Waals surface area contributed by atoms with E-state index in [0.717, 1.165) is 0 Å². The molecule has 0 aliphatic heterocycles. The summed E-state index contributed by atoms with van der Waals surface area (Å²) in [5.41, 5.74) is -0.0887. The van der Waals surface area contributed by atoms with Gasteiger partial charge in [-0.05, 0) is 12.1 Å². The fraction of sp³-hybridized carbons (Fsp3) is 0.222. The van der Waals surface area contributed by atoms with Crippen molar-refractivity contribution in [1.82, 2.24) is 0 Å². The predicted octanol–water partition coefficient (Wildman–Crippen LogP) is 0.730. The van der Waals surface area contributed by atoms with Crippen LogP contribution in [0, 0.1) is 0 Å². The summed E-state index contributed by atoms with van der Waals surface area (Å²) in [6, 6.07) is 5.73. The molecule has 1 aromatic rings. The molecule has 0 atom stereocenters. The van der Waals surface area contributed by atoms with Crippen LogP contribution < -0.4 is 4.72 Å². The molecule has 2 N–H and O–H groups in total. The van der Waals surface area contributed by atoms with E-state index in [1.165, 1.54) is 31.4 Å². The van der Waals surface area contributed by atoms with Gasteiger partial charge >= 0.3 is 5.97 Å². The Morgan fingerprint density at radius 1 is 1.44 bits per heavy atom. The first kappa shape index (κ1) is 12.5. The van der Waals surface area contributed by atoms with Crippen molar-refractivity contribution in [2.45, 2.75) is 0 Å². The first-order valence-electron chi connectivity index (χ1n) is 4.28. The van der Waals surface area contributed by atoms with Gasteiger partial charge in [0.05, 0.1) is 11.3 Å². The molecule has 0 amide bonds. The van der Waals surface area contributed by atoms with E-state index in [-0.39, 0.29) is 11.3 Å². The number of nitrogens with one attached hydrogen (secondary N) is 1. The highest BCUT2D eigenvalue weighted by Gasteiger charge is 2.15. The van der Waals surface area contributed by atoms with Gasteiger partial charge in [-0.2, -0.15) is 0 Å². The van der Waals surface area contributed by atoms with E-state index in [9.17, 15) is 13.2 Å². The third kappa shape index (κ3) is 3.21. The molecule has 0 radical (unpaired) electrons. The maximum atomic E-state index is 11.3. The molecule has 16 heavy (non-hydrogen) atoms. The zero-order chi connectivity index (χ0) is 12.2.